The molecule has 2 saturated heterocycles. The van der Waals surface area contributed by atoms with E-state index in [0.29, 0.717) is 61.2 Å². The van der Waals surface area contributed by atoms with E-state index in [0.717, 1.165) is 50.3 Å². The molecule has 2 aromatic heterocycles. The summed E-state index contributed by atoms with van der Waals surface area (Å²) in [6.45, 7) is 9.92. The minimum atomic E-state index is -0.453. The molecule has 0 bridgehead atoms. The average Bonchev–Trinajstić information content (AvgIpc) is 3.46. The third-order valence-corrected chi connectivity index (χ3v) is 8.32. The Hall–Kier alpha value is -3.34. The van der Waals surface area contributed by atoms with Gasteiger partial charge in [0.25, 0.3) is 0 Å². The van der Waals surface area contributed by atoms with Crippen molar-refractivity contribution in [1.82, 2.24) is 20.1 Å². The summed E-state index contributed by atoms with van der Waals surface area (Å²) in [6, 6.07) is 3.81. The molecule has 4 heterocycles. The summed E-state index contributed by atoms with van der Waals surface area (Å²) >= 11 is 0. The molecule has 2 aliphatic heterocycles. The highest BCUT2D eigenvalue weighted by atomic mass is 19.1. The van der Waals surface area contributed by atoms with E-state index in [-0.39, 0.29) is 17.9 Å². The van der Waals surface area contributed by atoms with E-state index in [2.05, 4.69) is 45.8 Å². The Kier molecular flexibility index (Phi) is 8.78. The summed E-state index contributed by atoms with van der Waals surface area (Å²) in [5.74, 6) is 2.23. The summed E-state index contributed by atoms with van der Waals surface area (Å²) in [5, 5.41) is 4.08. The fourth-order valence-corrected chi connectivity index (χ4v) is 5.74. The summed E-state index contributed by atoms with van der Waals surface area (Å²) in [6.07, 6.45) is 7.08. The van der Waals surface area contributed by atoms with Gasteiger partial charge < -0.3 is 24.8 Å². The van der Waals surface area contributed by atoms with Gasteiger partial charge in [-0.2, -0.15) is 4.98 Å². The molecule has 0 aliphatic carbocycles. The Labute approximate surface area is 234 Å². The van der Waals surface area contributed by atoms with Crippen molar-refractivity contribution in [2.75, 3.05) is 42.6 Å². The largest absolute Gasteiger partial charge is 0.490 e. The third kappa shape index (κ3) is 6.51. The quantitative estimate of drug-likeness (QED) is 0.394. The fraction of sp³-hybridized carbons (Fsp3) is 0.586. The lowest BCUT2D eigenvalue weighted by Crippen LogP contribution is -2.48. The number of hydrogen-bond acceptors (Lipinski definition) is 9. The molecule has 0 spiro atoms. The number of piperidine rings is 2. The topological polar surface area (TPSA) is 106 Å². The average molecular weight is 556 g/mol. The lowest BCUT2D eigenvalue weighted by Gasteiger charge is -2.37. The first kappa shape index (κ1) is 28.2. The first-order valence-corrected chi connectivity index (χ1v) is 14.3. The van der Waals surface area contributed by atoms with E-state index in [1.807, 2.05) is 4.90 Å². The van der Waals surface area contributed by atoms with E-state index >= 15 is 0 Å². The first-order valence-electron chi connectivity index (χ1n) is 14.3. The predicted octanol–water partition coefficient (Wildman–Crippen LogP) is 4.90. The number of rotatable bonds is 9. The van der Waals surface area contributed by atoms with Crippen molar-refractivity contribution < 1.29 is 18.0 Å². The van der Waals surface area contributed by atoms with Gasteiger partial charge in [0.2, 0.25) is 5.95 Å². The second kappa shape index (κ2) is 12.4. The molecule has 1 aromatic carbocycles. The normalized spacial score (nSPS) is 21.2. The Morgan fingerprint density at radius 3 is 2.45 bits per heavy atom. The molecule has 11 heteroatoms. The molecular weight excluding hydrogens is 516 g/mol. The van der Waals surface area contributed by atoms with Gasteiger partial charge in [-0.25, -0.2) is 18.7 Å². The summed E-state index contributed by atoms with van der Waals surface area (Å²) in [4.78, 5) is 17.7. The van der Waals surface area contributed by atoms with Gasteiger partial charge in [-0.1, -0.05) is 25.9 Å². The summed E-state index contributed by atoms with van der Waals surface area (Å²) < 4.78 is 39.4. The first-order chi connectivity index (χ1) is 19.3. The molecule has 216 valence electrons. The Bertz CT molecular complexity index is 1250. The maximum Gasteiger partial charge on any atom is 0.324 e. The maximum atomic E-state index is 14.3. The molecule has 9 nitrogen and oxygen atoms in total. The molecule has 1 unspecified atom stereocenters. The standard InChI is InChI=1S/C29H39F2N7O2/c1-18(2)27-35-29(40-36-27)37-10-6-20(7-11-37)19(3)9-13-39-22-15-33-28(34-16-22)38-12-8-23(26(32)17-38)24-14-21(30)4-5-25(24)31/h4-5,14-16,18-20,23,26H,6-13,17,32H2,1-3H3/t19?,23-,26+/m1/s1. The number of benzene rings is 1. The van der Waals surface area contributed by atoms with E-state index < -0.39 is 11.6 Å². The van der Waals surface area contributed by atoms with Crippen molar-refractivity contribution in [2.24, 2.45) is 17.6 Å². The highest BCUT2D eigenvalue weighted by molar-refractivity contribution is 5.35. The number of nitrogens with two attached hydrogens (primary N) is 1. The molecule has 0 radical (unpaired) electrons. The number of aromatic nitrogens is 4. The van der Waals surface area contributed by atoms with Gasteiger partial charge in [0.15, 0.2) is 11.6 Å². The van der Waals surface area contributed by atoms with Crippen molar-refractivity contribution in [3.63, 3.8) is 0 Å². The zero-order valence-electron chi connectivity index (χ0n) is 23.5. The van der Waals surface area contributed by atoms with Crippen molar-refractivity contribution in [2.45, 2.75) is 64.3 Å². The fourth-order valence-electron chi connectivity index (χ4n) is 5.74. The van der Waals surface area contributed by atoms with Crippen molar-refractivity contribution in [1.29, 1.82) is 0 Å². The number of halogens is 2. The Balaban J connectivity index is 1.05. The van der Waals surface area contributed by atoms with Gasteiger partial charge in [-0.15, -0.1) is 0 Å². The molecule has 40 heavy (non-hydrogen) atoms. The Morgan fingerprint density at radius 1 is 1.05 bits per heavy atom. The van der Waals surface area contributed by atoms with Crippen LogP contribution in [0.2, 0.25) is 0 Å². The summed E-state index contributed by atoms with van der Waals surface area (Å²) in [7, 11) is 0. The molecule has 2 N–H and O–H groups in total. The lowest BCUT2D eigenvalue weighted by molar-refractivity contribution is 0.219. The van der Waals surface area contributed by atoms with E-state index in [4.69, 9.17) is 15.0 Å². The number of hydrogen-bond donors (Lipinski definition) is 1. The molecule has 0 amide bonds. The zero-order chi connectivity index (χ0) is 28.2. The van der Waals surface area contributed by atoms with Crippen LogP contribution in [-0.2, 0) is 0 Å². The number of anilines is 2. The van der Waals surface area contributed by atoms with E-state index in [1.165, 1.54) is 6.07 Å². The van der Waals surface area contributed by atoms with Gasteiger partial charge in [0, 0.05) is 44.1 Å². The van der Waals surface area contributed by atoms with Gasteiger partial charge >= 0.3 is 6.01 Å². The second-order valence-electron chi connectivity index (χ2n) is 11.4. The molecule has 0 saturated carbocycles. The van der Waals surface area contributed by atoms with Crippen LogP contribution in [0.3, 0.4) is 0 Å². The molecule has 2 fully saturated rings. The SMILES string of the molecule is CC(C)c1noc(N2CCC(C(C)CCOc3cnc(N4CC[C@H](c5cc(F)ccc5F)[C@@H](N)C4)nc3)CC2)n1. The van der Waals surface area contributed by atoms with E-state index in [9.17, 15) is 8.78 Å². The third-order valence-electron chi connectivity index (χ3n) is 8.32. The van der Waals surface area contributed by atoms with Gasteiger partial charge in [0.1, 0.15) is 11.6 Å². The van der Waals surface area contributed by atoms with Crippen LogP contribution in [0.5, 0.6) is 5.75 Å². The smallest absolute Gasteiger partial charge is 0.324 e. The van der Waals surface area contributed by atoms with E-state index in [1.54, 1.807) is 12.4 Å². The van der Waals surface area contributed by atoms with Crippen LogP contribution in [0.4, 0.5) is 20.7 Å². The van der Waals surface area contributed by atoms with Crippen molar-refractivity contribution in [3.05, 3.63) is 53.6 Å². The minimum Gasteiger partial charge on any atom is -0.490 e. The van der Waals surface area contributed by atoms with Gasteiger partial charge in [-0.05, 0) is 61.3 Å². The van der Waals surface area contributed by atoms with Gasteiger partial charge in [-0.3, -0.25) is 0 Å². The van der Waals surface area contributed by atoms with Crippen LogP contribution in [-0.4, -0.2) is 58.9 Å². The van der Waals surface area contributed by atoms with Crippen LogP contribution in [0.25, 0.3) is 0 Å². The van der Waals surface area contributed by atoms with Crippen LogP contribution in [0, 0.1) is 23.5 Å². The van der Waals surface area contributed by atoms with Crippen molar-refractivity contribution in [3.8, 4) is 5.75 Å². The van der Waals surface area contributed by atoms with Crippen LogP contribution >= 0.6 is 0 Å². The minimum absolute atomic E-state index is 0.250. The Morgan fingerprint density at radius 2 is 1.77 bits per heavy atom. The van der Waals surface area contributed by atoms with Crippen LogP contribution in [0.15, 0.2) is 35.1 Å². The van der Waals surface area contributed by atoms with Crippen LogP contribution in [0.1, 0.15) is 69.7 Å². The summed E-state index contributed by atoms with van der Waals surface area (Å²) in [5.41, 5.74) is 6.70. The molecule has 3 aromatic rings. The number of ether oxygens (including phenoxy) is 1. The molecule has 2 aliphatic rings. The molecule has 5 rings (SSSR count). The zero-order valence-corrected chi connectivity index (χ0v) is 23.5. The number of nitrogens with zero attached hydrogens (tertiary/aromatic N) is 6. The van der Waals surface area contributed by atoms with Gasteiger partial charge in [0.05, 0.1) is 19.0 Å². The monoisotopic (exact) mass is 555 g/mol. The van der Waals surface area contributed by atoms with Crippen LogP contribution < -0.4 is 20.3 Å². The molecular formula is C29H39F2N7O2. The highest BCUT2D eigenvalue weighted by Crippen LogP contribution is 2.32. The predicted molar refractivity (Wildman–Crippen MR) is 149 cm³/mol. The molecule has 3 atom stereocenters. The lowest BCUT2D eigenvalue weighted by atomic mass is 9.84. The van der Waals surface area contributed by atoms with Crippen molar-refractivity contribution >= 4 is 12.0 Å². The maximum absolute atomic E-state index is 14.3. The second-order valence-corrected chi connectivity index (χ2v) is 11.4. The highest BCUT2D eigenvalue weighted by Gasteiger charge is 2.31.